The average Bonchev–Trinajstić information content (AvgIpc) is 3.49. The number of carbonyl (C=O) groups is 2. The number of carboxylic acid groups (broad SMARTS) is 1. The Hall–Kier alpha value is -4.54. The van der Waals surface area contributed by atoms with Crippen molar-refractivity contribution in [3.63, 3.8) is 0 Å². The lowest BCUT2D eigenvalue weighted by atomic mass is 9.74. The first-order valence-corrected chi connectivity index (χ1v) is 12.1. The zero-order valence-electron chi connectivity index (χ0n) is 20.4. The lowest BCUT2D eigenvalue weighted by Crippen LogP contribution is -2.46. The number of aryl methyl sites for hydroxylation is 1. The number of likely N-dealkylation sites (tertiary alicyclic amines) is 1. The van der Waals surface area contributed by atoms with Gasteiger partial charge in [-0.3, -0.25) is 4.79 Å². The highest BCUT2D eigenvalue weighted by molar-refractivity contribution is 6.01. The predicted molar refractivity (Wildman–Crippen MR) is 133 cm³/mol. The van der Waals surface area contributed by atoms with E-state index in [1.807, 2.05) is 0 Å². The predicted octanol–water partition coefficient (Wildman–Crippen LogP) is 4.32. The van der Waals surface area contributed by atoms with Gasteiger partial charge < -0.3 is 20.1 Å². The van der Waals surface area contributed by atoms with Crippen LogP contribution in [-0.4, -0.2) is 56.2 Å². The van der Waals surface area contributed by atoms with Gasteiger partial charge in [-0.1, -0.05) is 12.1 Å². The Morgan fingerprint density at radius 3 is 2.63 bits per heavy atom. The number of halogens is 2. The summed E-state index contributed by atoms with van der Waals surface area (Å²) >= 11 is 0. The van der Waals surface area contributed by atoms with Crippen LogP contribution in [-0.2, 0) is 5.41 Å². The van der Waals surface area contributed by atoms with Gasteiger partial charge in [-0.05, 0) is 43.5 Å². The molecule has 2 aromatic heterocycles. The molecule has 194 valence electrons. The molecular formula is C27H23F2N5O4. The number of fused-ring (bicyclic) bond motifs is 3. The van der Waals surface area contributed by atoms with Gasteiger partial charge in [0.05, 0.1) is 18.5 Å². The molecule has 38 heavy (non-hydrogen) atoms. The lowest BCUT2D eigenvalue weighted by Gasteiger charge is -2.38. The number of aromatic nitrogens is 3. The van der Waals surface area contributed by atoms with Crippen molar-refractivity contribution in [2.24, 2.45) is 0 Å². The van der Waals surface area contributed by atoms with E-state index >= 15 is 0 Å². The maximum atomic E-state index is 14.7. The Kier molecular flexibility index (Phi) is 5.51. The summed E-state index contributed by atoms with van der Waals surface area (Å²) in [5.41, 5.74) is 1.56. The molecule has 0 aliphatic carbocycles. The van der Waals surface area contributed by atoms with Crippen LogP contribution in [0.3, 0.4) is 0 Å². The summed E-state index contributed by atoms with van der Waals surface area (Å²) in [7, 11) is 0. The first kappa shape index (κ1) is 23.8. The molecule has 1 spiro atoms. The highest BCUT2D eigenvalue weighted by atomic mass is 19.1. The minimum absolute atomic E-state index is 0.0224. The van der Waals surface area contributed by atoms with Gasteiger partial charge in [0.2, 0.25) is 0 Å². The number of piperidine rings is 1. The quantitative estimate of drug-likeness (QED) is 0.413. The number of nitrogens with zero attached hydrogens (tertiary/aromatic N) is 4. The number of amides is 1. The summed E-state index contributed by atoms with van der Waals surface area (Å²) in [5, 5.41) is 16.6. The molecule has 0 saturated carbocycles. The van der Waals surface area contributed by atoms with Crippen LogP contribution in [0.2, 0.25) is 0 Å². The molecular weight excluding hydrogens is 496 g/mol. The van der Waals surface area contributed by atoms with Gasteiger partial charge in [-0.15, -0.1) is 0 Å². The summed E-state index contributed by atoms with van der Waals surface area (Å²) < 4.78 is 35.3. The molecule has 1 saturated heterocycles. The number of nitrogens with one attached hydrogen (secondary N) is 1. The Morgan fingerprint density at radius 2 is 1.87 bits per heavy atom. The van der Waals surface area contributed by atoms with Crippen LogP contribution in [0.5, 0.6) is 5.75 Å². The number of benzene rings is 2. The molecule has 9 nitrogen and oxygen atoms in total. The lowest BCUT2D eigenvalue weighted by molar-refractivity contribution is 0.0645. The maximum absolute atomic E-state index is 14.7. The van der Waals surface area contributed by atoms with Crippen molar-refractivity contribution >= 4 is 29.0 Å². The van der Waals surface area contributed by atoms with Crippen LogP contribution in [0.15, 0.2) is 48.8 Å². The van der Waals surface area contributed by atoms with Gasteiger partial charge in [0.25, 0.3) is 5.91 Å². The molecule has 2 aliphatic rings. The molecule has 1 amide bonds. The van der Waals surface area contributed by atoms with Gasteiger partial charge in [0, 0.05) is 36.3 Å². The monoisotopic (exact) mass is 519 g/mol. The summed E-state index contributed by atoms with van der Waals surface area (Å²) in [6, 6.07) is 9.08. The molecule has 2 aromatic carbocycles. The third-order valence-corrected chi connectivity index (χ3v) is 7.39. The molecule has 2 aliphatic heterocycles. The van der Waals surface area contributed by atoms with E-state index in [2.05, 4.69) is 15.4 Å². The van der Waals surface area contributed by atoms with E-state index in [1.54, 1.807) is 30.0 Å². The minimum atomic E-state index is -1.22. The Bertz CT molecular complexity index is 1610. The van der Waals surface area contributed by atoms with Crippen molar-refractivity contribution in [3.8, 4) is 5.75 Å². The molecule has 4 aromatic rings. The van der Waals surface area contributed by atoms with Crippen LogP contribution in [0.25, 0.3) is 5.65 Å². The van der Waals surface area contributed by atoms with E-state index in [-0.39, 0.29) is 45.4 Å². The Labute approximate surface area is 215 Å². The third-order valence-electron chi connectivity index (χ3n) is 7.39. The van der Waals surface area contributed by atoms with Crippen molar-refractivity contribution in [2.45, 2.75) is 25.2 Å². The third kappa shape index (κ3) is 3.82. The standard InChI is InChI=1S/C27H23F2N5O4/c1-15-2-5-20(29)21(10-15)32-24-17(12-30-23-18(26(36)37)13-31-34(23)24)25(35)33-8-6-27(7-9-33)14-38-22-11-16(28)3-4-19(22)27/h2-5,10-13,32H,6-9,14H2,1H3,(H,36,37). The zero-order valence-corrected chi connectivity index (χ0v) is 20.4. The SMILES string of the molecule is Cc1ccc(F)c(Nc2c(C(=O)N3CCC4(CC3)COc3cc(F)ccc34)cnc3c(C(=O)O)cnn23)c1. The summed E-state index contributed by atoms with van der Waals surface area (Å²) in [4.78, 5) is 31.3. The average molecular weight is 520 g/mol. The Balaban J connectivity index is 1.34. The van der Waals surface area contributed by atoms with E-state index in [0.29, 0.717) is 38.3 Å². The number of ether oxygens (including phenoxy) is 1. The van der Waals surface area contributed by atoms with Gasteiger partial charge in [0.15, 0.2) is 5.65 Å². The van der Waals surface area contributed by atoms with Crippen molar-refractivity contribution in [1.82, 2.24) is 19.5 Å². The normalized spacial score (nSPS) is 15.9. The van der Waals surface area contributed by atoms with Gasteiger partial charge in [-0.2, -0.15) is 9.61 Å². The van der Waals surface area contributed by atoms with Crippen LogP contribution in [0, 0.1) is 18.6 Å². The number of carboxylic acids is 1. The van der Waals surface area contributed by atoms with E-state index in [4.69, 9.17) is 4.74 Å². The number of carbonyl (C=O) groups excluding carboxylic acids is 1. The van der Waals surface area contributed by atoms with Gasteiger partial charge in [0.1, 0.15) is 34.3 Å². The molecule has 2 N–H and O–H groups in total. The summed E-state index contributed by atoms with van der Waals surface area (Å²) in [5.74, 6) is -1.82. The van der Waals surface area contributed by atoms with Gasteiger partial charge in [-0.25, -0.2) is 18.6 Å². The largest absolute Gasteiger partial charge is 0.492 e. The van der Waals surface area contributed by atoms with Crippen LogP contribution >= 0.6 is 0 Å². The van der Waals surface area contributed by atoms with Crippen molar-refractivity contribution in [1.29, 1.82) is 0 Å². The Morgan fingerprint density at radius 1 is 1.08 bits per heavy atom. The number of rotatable bonds is 4. The van der Waals surface area contributed by atoms with Gasteiger partial charge >= 0.3 is 5.97 Å². The fourth-order valence-electron chi connectivity index (χ4n) is 5.29. The number of anilines is 2. The van der Waals surface area contributed by atoms with Crippen molar-refractivity contribution in [2.75, 3.05) is 25.0 Å². The number of hydrogen-bond donors (Lipinski definition) is 2. The summed E-state index contributed by atoms with van der Waals surface area (Å²) in [6.45, 7) is 3.05. The van der Waals surface area contributed by atoms with Crippen molar-refractivity contribution < 1.29 is 28.2 Å². The number of hydrogen-bond acceptors (Lipinski definition) is 6. The molecule has 11 heteroatoms. The van der Waals surface area contributed by atoms with E-state index in [0.717, 1.165) is 17.3 Å². The first-order chi connectivity index (χ1) is 18.3. The molecule has 0 bridgehead atoms. The highest BCUT2D eigenvalue weighted by Gasteiger charge is 2.44. The molecule has 0 radical (unpaired) electrons. The maximum Gasteiger partial charge on any atom is 0.341 e. The highest BCUT2D eigenvalue weighted by Crippen LogP contribution is 2.46. The summed E-state index contributed by atoms with van der Waals surface area (Å²) in [6.07, 6.45) is 3.67. The van der Waals surface area contributed by atoms with Crippen LogP contribution in [0.4, 0.5) is 20.3 Å². The molecule has 0 unspecified atom stereocenters. The number of aromatic carboxylic acids is 1. The zero-order chi connectivity index (χ0) is 26.6. The van der Waals surface area contributed by atoms with E-state index < -0.39 is 11.8 Å². The topological polar surface area (TPSA) is 109 Å². The molecule has 4 heterocycles. The van der Waals surface area contributed by atoms with Crippen LogP contribution in [0.1, 0.15) is 44.7 Å². The molecule has 0 atom stereocenters. The van der Waals surface area contributed by atoms with Crippen LogP contribution < -0.4 is 10.1 Å². The molecule has 1 fully saturated rings. The minimum Gasteiger partial charge on any atom is -0.492 e. The second-order valence-electron chi connectivity index (χ2n) is 9.73. The first-order valence-electron chi connectivity index (χ1n) is 12.1. The fraction of sp³-hybridized carbons (Fsp3) is 0.259. The smallest absolute Gasteiger partial charge is 0.341 e. The molecule has 6 rings (SSSR count). The second kappa shape index (κ2) is 8.79. The van der Waals surface area contributed by atoms with E-state index in [9.17, 15) is 23.5 Å². The van der Waals surface area contributed by atoms with Crippen molar-refractivity contribution in [3.05, 3.63) is 82.7 Å². The fourth-order valence-corrected chi connectivity index (χ4v) is 5.29. The van der Waals surface area contributed by atoms with E-state index in [1.165, 1.54) is 28.9 Å². The second-order valence-corrected chi connectivity index (χ2v) is 9.73.